The summed E-state index contributed by atoms with van der Waals surface area (Å²) < 4.78 is 0. The molecule has 0 amide bonds. The Labute approximate surface area is 88.0 Å². The largest absolute Gasteiger partial charge is 0.361 e. The average molecular weight is 207 g/mol. The summed E-state index contributed by atoms with van der Waals surface area (Å²) in [6.45, 7) is 3.79. The molecular formula is C10H13N3S. The third kappa shape index (κ3) is 2.48. The molecule has 1 aliphatic heterocycles. The molecule has 3 nitrogen and oxygen atoms in total. The Morgan fingerprint density at radius 1 is 1.57 bits per heavy atom. The minimum Gasteiger partial charge on any atom is -0.361 e. The number of aliphatic imine (C=N–C) groups is 1. The van der Waals surface area contributed by atoms with Gasteiger partial charge in [-0.05, 0) is 24.6 Å². The van der Waals surface area contributed by atoms with Gasteiger partial charge in [0.15, 0.2) is 5.17 Å². The molecule has 2 heterocycles. The van der Waals surface area contributed by atoms with Crippen molar-refractivity contribution >= 4 is 16.9 Å². The van der Waals surface area contributed by atoms with E-state index < -0.39 is 0 Å². The Bertz CT molecular complexity index is 349. The number of amidine groups is 1. The highest BCUT2D eigenvalue weighted by atomic mass is 32.2. The van der Waals surface area contributed by atoms with E-state index in [0.717, 1.165) is 29.7 Å². The molecule has 1 N–H and O–H groups in total. The van der Waals surface area contributed by atoms with E-state index in [0.29, 0.717) is 0 Å². The first-order chi connectivity index (χ1) is 6.84. The van der Waals surface area contributed by atoms with Crippen LogP contribution in [0.4, 0.5) is 0 Å². The summed E-state index contributed by atoms with van der Waals surface area (Å²) in [5.74, 6) is 1.11. The number of aryl methyl sites for hydroxylation is 1. The van der Waals surface area contributed by atoms with E-state index in [-0.39, 0.29) is 0 Å². The first-order valence-electron chi connectivity index (χ1n) is 4.67. The summed E-state index contributed by atoms with van der Waals surface area (Å²) in [6.07, 6.45) is 1.84. The monoisotopic (exact) mass is 207 g/mol. The number of rotatable bonds is 2. The van der Waals surface area contributed by atoms with Gasteiger partial charge in [0, 0.05) is 24.2 Å². The molecule has 74 valence electrons. The van der Waals surface area contributed by atoms with Crippen molar-refractivity contribution in [1.82, 2.24) is 10.3 Å². The van der Waals surface area contributed by atoms with Crippen LogP contribution in [0.5, 0.6) is 0 Å². The molecule has 4 heteroatoms. The topological polar surface area (TPSA) is 37.3 Å². The first kappa shape index (κ1) is 9.52. The van der Waals surface area contributed by atoms with Crippen molar-refractivity contribution in [2.75, 3.05) is 12.3 Å². The summed E-state index contributed by atoms with van der Waals surface area (Å²) in [7, 11) is 0. The van der Waals surface area contributed by atoms with Gasteiger partial charge in [-0.15, -0.1) is 0 Å². The van der Waals surface area contributed by atoms with Crippen molar-refractivity contribution in [3.8, 4) is 0 Å². The summed E-state index contributed by atoms with van der Waals surface area (Å²) in [5.41, 5.74) is 2.32. The van der Waals surface area contributed by atoms with Crippen LogP contribution in [0, 0.1) is 6.92 Å². The first-order valence-corrected chi connectivity index (χ1v) is 5.66. The smallest absolute Gasteiger partial charge is 0.156 e. The molecule has 1 aromatic rings. The molecule has 1 aromatic heterocycles. The predicted octanol–water partition coefficient (Wildman–Crippen LogP) is 1.58. The molecule has 1 aliphatic rings. The van der Waals surface area contributed by atoms with E-state index in [4.69, 9.17) is 0 Å². The number of pyridine rings is 1. The van der Waals surface area contributed by atoms with Crippen LogP contribution >= 0.6 is 11.8 Å². The normalized spacial score (nSPS) is 15.4. The van der Waals surface area contributed by atoms with Gasteiger partial charge in [-0.3, -0.25) is 9.98 Å². The molecule has 14 heavy (non-hydrogen) atoms. The van der Waals surface area contributed by atoms with Crippen LogP contribution in [0.15, 0.2) is 23.3 Å². The minimum atomic E-state index is 0.842. The van der Waals surface area contributed by atoms with Gasteiger partial charge in [-0.2, -0.15) is 0 Å². The Kier molecular flexibility index (Phi) is 3.03. The average Bonchev–Trinajstić information content (AvgIpc) is 2.67. The fourth-order valence-electron chi connectivity index (χ4n) is 1.33. The van der Waals surface area contributed by atoms with Crippen LogP contribution in [0.1, 0.15) is 11.3 Å². The summed E-state index contributed by atoms with van der Waals surface area (Å²) in [6, 6.07) is 4.12. The number of aromatic nitrogens is 1. The third-order valence-electron chi connectivity index (χ3n) is 1.99. The zero-order valence-corrected chi connectivity index (χ0v) is 8.97. The van der Waals surface area contributed by atoms with E-state index in [2.05, 4.69) is 21.4 Å². The number of nitrogens with zero attached hydrogens (tertiary/aromatic N) is 2. The van der Waals surface area contributed by atoms with E-state index in [9.17, 15) is 0 Å². The zero-order valence-electron chi connectivity index (χ0n) is 8.16. The third-order valence-corrected chi connectivity index (χ3v) is 2.92. The fraction of sp³-hybridized carbons (Fsp3) is 0.400. The maximum atomic E-state index is 4.33. The summed E-state index contributed by atoms with van der Waals surface area (Å²) in [5, 5.41) is 4.38. The fourth-order valence-corrected chi connectivity index (χ4v) is 2.07. The lowest BCUT2D eigenvalue weighted by Gasteiger charge is -2.05. The van der Waals surface area contributed by atoms with Gasteiger partial charge in [-0.25, -0.2) is 0 Å². The Morgan fingerprint density at radius 3 is 3.21 bits per heavy atom. The lowest BCUT2D eigenvalue weighted by molar-refractivity contribution is 0.915. The molecule has 0 radical (unpaired) electrons. The highest BCUT2D eigenvalue weighted by Gasteiger charge is 2.05. The lowest BCUT2D eigenvalue weighted by atomic mass is 10.2. The maximum Gasteiger partial charge on any atom is 0.156 e. The van der Waals surface area contributed by atoms with Crippen molar-refractivity contribution < 1.29 is 0 Å². The van der Waals surface area contributed by atoms with Gasteiger partial charge in [0.2, 0.25) is 0 Å². The number of hydrogen-bond donors (Lipinski definition) is 1. The molecule has 2 rings (SSSR count). The number of nitrogens with one attached hydrogen (secondary N) is 1. The second-order valence-electron chi connectivity index (χ2n) is 3.19. The quantitative estimate of drug-likeness (QED) is 0.800. The van der Waals surface area contributed by atoms with Crippen molar-refractivity contribution in [3.05, 3.63) is 29.6 Å². The Hall–Kier alpha value is -1.03. The maximum absolute atomic E-state index is 4.33. The SMILES string of the molecule is Cc1cc(CNC2=NCCS2)ccn1. The van der Waals surface area contributed by atoms with Crippen LogP contribution in [-0.2, 0) is 6.54 Å². The van der Waals surface area contributed by atoms with Crippen LogP contribution in [0.25, 0.3) is 0 Å². The predicted molar refractivity (Wildman–Crippen MR) is 60.6 cm³/mol. The molecule has 0 aromatic carbocycles. The minimum absolute atomic E-state index is 0.842. The molecule has 0 spiro atoms. The standard InChI is InChI=1S/C10H13N3S/c1-8-6-9(2-3-11-8)7-13-10-12-4-5-14-10/h2-3,6H,4-5,7H2,1H3,(H,12,13). The van der Waals surface area contributed by atoms with Gasteiger partial charge in [0.25, 0.3) is 0 Å². The molecule has 0 atom stereocenters. The molecule has 0 aliphatic carbocycles. The number of thioether (sulfide) groups is 1. The molecule has 0 saturated heterocycles. The highest BCUT2D eigenvalue weighted by Crippen LogP contribution is 2.09. The van der Waals surface area contributed by atoms with E-state index in [1.807, 2.05) is 19.2 Å². The number of hydrogen-bond acceptors (Lipinski definition) is 4. The van der Waals surface area contributed by atoms with Crippen molar-refractivity contribution in [3.63, 3.8) is 0 Å². The van der Waals surface area contributed by atoms with Crippen LogP contribution < -0.4 is 5.32 Å². The highest BCUT2D eigenvalue weighted by molar-refractivity contribution is 8.14. The van der Waals surface area contributed by atoms with Crippen molar-refractivity contribution in [2.45, 2.75) is 13.5 Å². The molecule has 0 saturated carbocycles. The van der Waals surface area contributed by atoms with Crippen molar-refractivity contribution in [1.29, 1.82) is 0 Å². The van der Waals surface area contributed by atoms with Crippen LogP contribution in [0.2, 0.25) is 0 Å². The zero-order chi connectivity index (χ0) is 9.80. The molecule has 0 unspecified atom stereocenters. The van der Waals surface area contributed by atoms with Gasteiger partial charge in [0.1, 0.15) is 0 Å². The molecule has 0 fully saturated rings. The molecular weight excluding hydrogens is 194 g/mol. The van der Waals surface area contributed by atoms with E-state index in [1.54, 1.807) is 11.8 Å². The van der Waals surface area contributed by atoms with Crippen molar-refractivity contribution in [2.24, 2.45) is 4.99 Å². The second-order valence-corrected chi connectivity index (χ2v) is 4.28. The van der Waals surface area contributed by atoms with Gasteiger partial charge >= 0.3 is 0 Å². The van der Waals surface area contributed by atoms with Gasteiger partial charge in [-0.1, -0.05) is 11.8 Å². The Balaban J connectivity index is 1.91. The molecule has 0 bridgehead atoms. The van der Waals surface area contributed by atoms with Gasteiger partial charge in [0.05, 0.1) is 6.54 Å². The lowest BCUT2D eigenvalue weighted by Crippen LogP contribution is -2.18. The van der Waals surface area contributed by atoms with E-state index >= 15 is 0 Å². The summed E-state index contributed by atoms with van der Waals surface area (Å²) in [4.78, 5) is 8.48. The van der Waals surface area contributed by atoms with Crippen LogP contribution in [0.3, 0.4) is 0 Å². The summed E-state index contributed by atoms with van der Waals surface area (Å²) >= 11 is 1.79. The second kappa shape index (κ2) is 4.46. The van der Waals surface area contributed by atoms with Gasteiger partial charge < -0.3 is 5.32 Å². The van der Waals surface area contributed by atoms with Crippen LogP contribution in [-0.4, -0.2) is 22.4 Å². The van der Waals surface area contributed by atoms with E-state index in [1.165, 1.54) is 5.56 Å². The Morgan fingerprint density at radius 2 is 2.50 bits per heavy atom.